The van der Waals surface area contributed by atoms with Crippen LogP contribution in [0.1, 0.15) is 22.3 Å². The normalized spacial score (nSPS) is 14.4. The number of methoxy groups -OCH3 is 1. The first kappa shape index (κ1) is 23.0. The van der Waals surface area contributed by atoms with Gasteiger partial charge in [0.2, 0.25) is 5.91 Å². The van der Waals surface area contributed by atoms with Crippen molar-refractivity contribution in [2.75, 3.05) is 39.8 Å². The van der Waals surface area contributed by atoms with E-state index in [4.69, 9.17) is 16.3 Å². The molecule has 0 radical (unpaired) electrons. The van der Waals surface area contributed by atoms with Crippen LogP contribution in [0.15, 0.2) is 36.4 Å². The SMILES string of the molecule is COc1ccc(Cl)cc1CN1CCN(C(=O)CCNC(=O)c2ccc(F)cc2F)CC1. The second-order valence-electron chi connectivity index (χ2n) is 7.24. The Morgan fingerprint density at radius 2 is 1.84 bits per heavy atom. The van der Waals surface area contributed by atoms with Crippen molar-refractivity contribution in [2.45, 2.75) is 13.0 Å². The van der Waals surface area contributed by atoms with Crippen molar-refractivity contribution < 1.29 is 23.1 Å². The van der Waals surface area contributed by atoms with Crippen LogP contribution in [0.2, 0.25) is 5.02 Å². The number of carbonyl (C=O) groups is 2. The number of nitrogens with one attached hydrogen (secondary N) is 1. The Balaban J connectivity index is 1.43. The number of amides is 2. The summed E-state index contributed by atoms with van der Waals surface area (Å²) < 4.78 is 32.0. The summed E-state index contributed by atoms with van der Waals surface area (Å²) in [5, 5.41) is 3.15. The van der Waals surface area contributed by atoms with Crippen molar-refractivity contribution in [2.24, 2.45) is 0 Å². The lowest BCUT2D eigenvalue weighted by molar-refractivity contribution is -0.132. The van der Waals surface area contributed by atoms with Gasteiger partial charge < -0.3 is 15.0 Å². The second-order valence-corrected chi connectivity index (χ2v) is 7.68. The van der Waals surface area contributed by atoms with E-state index >= 15 is 0 Å². The average molecular weight is 452 g/mol. The van der Waals surface area contributed by atoms with Gasteiger partial charge in [-0.25, -0.2) is 8.78 Å². The van der Waals surface area contributed by atoms with Crippen LogP contribution >= 0.6 is 11.6 Å². The van der Waals surface area contributed by atoms with Gasteiger partial charge in [-0.05, 0) is 30.3 Å². The molecule has 0 atom stereocenters. The molecule has 31 heavy (non-hydrogen) atoms. The van der Waals surface area contributed by atoms with E-state index < -0.39 is 17.5 Å². The first-order valence-corrected chi connectivity index (χ1v) is 10.3. The lowest BCUT2D eigenvalue weighted by Crippen LogP contribution is -2.48. The maximum Gasteiger partial charge on any atom is 0.254 e. The number of hydrogen-bond acceptors (Lipinski definition) is 4. The van der Waals surface area contributed by atoms with E-state index in [9.17, 15) is 18.4 Å². The highest BCUT2D eigenvalue weighted by atomic mass is 35.5. The van der Waals surface area contributed by atoms with Crippen molar-refractivity contribution in [1.82, 2.24) is 15.1 Å². The molecule has 3 rings (SSSR count). The van der Waals surface area contributed by atoms with Crippen molar-refractivity contribution in [1.29, 1.82) is 0 Å². The number of halogens is 3. The minimum atomic E-state index is -0.934. The van der Waals surface area contributed by atoms with E-state index in [1.165, 1.54) is 0 Å². The summed E-state index contributed by atoms with van der Waals surface area (Å²) in [7, 11) is 1.62. The first-order chi connectivity index (χ1) is 14.9. The molecular formula is C22H24ClF2N3O3. The third-order valence-corrected chi connectivity index (χ3v) is 5.40. The Morgan fingerprint density at radius 3 is 2.52 bits per heavy atom. The minimum absolute atomic E-state index is 0.0778. The fourth-order valence-electron chi connectivity index (χ4n) is 3.48. The van der Waals surface area contributed by atoms with E-state index in [-0.39, 0.29) is 24.4 Å². The van der Waals surface area contributed by atoms with Gasteiger partial charge >= 0.3 is 0 Å². The zero-order valence-corrected chi connectivity index (χ0v) is 17.9. The smallest absolute Gasteiger partial charge is 0.254 e. The van der Waals surface area contributed by atoms with Crippen LogP contribution in [0, 0.1) is 11.6 Å². The summed E-state index contributed by atoms with van der Waals surface area (Å²) in [6.07, 6.45) is 0.108. The summed E-state index contributed by atoms with van der Waals surface area (Å²) in [6, 6.07) is 8.24. The molecule has 2 aromatic rings. The van der Waals surface area contributed by atoms with Crippen molar-refractivity contribution in [3.05, 3.63) is 64.2 Å². The molecule has 2 aromatic carbocycles. The molecule has 1 saturated heterocycles. The molecule has 0 unspecified atom stereocenters. The van der Waals surface area contributed by atoms with Gasteiger partial charge in [-0.2, -0.15) is 0 Å². The van der Waals surface area contributed by atoms with Gasteiger partial charge in [0.15, 0.2) is 0 Å². The van der Waals surface area contributed by atoms with Crippen LogP contribution in [0.3, 0.4) is 0 Å². The summed E-state index contributed by atoms with van der Waals surface area (Å²) >= 11 is 6.09. The highest BCUT2D eigenvalue weighted by molar-refractivity contribution is 6.30. The quantitative estimate of drug-likeness (QED) is 0.702. The fraction of sp³-hybridized carbons (Fsp3) is 0.364. The van der Waals surface area contributed by atoms with Gasteiger partial charge in [0.25, 0.3) is 5.91 Å². The molecule has 1 heterocycles. The Morgan fingerprint density at radius 1 is 1.10 bits per heavy atom. The predicted molar refractivity (Wildman–Crippen MR) is 113 cm³/mol. The van der Waals surface area contributed by atoms with Gasteiger partial charge in [0.05, 0.1) is 12.7 Å². The number of hydrogen-bond donors (Lipinski definition) is 1. The van der Waals surface area contributed by atoms with Crippen LogP contribution < -0.4 is 10.1 Å². The van der Waals surface area contributed by atoms with Crippen molar-refractivity contribution >= 4 is 23.4 Å². The molecule has 0 spiro atoms. The van der Waals surface area contributed by atoms with Crippen molar-refractivity contribution in [3.8, 4) is 5.75 Å². The van der Waals surface area contributed by atoms with Crippen LogP contribution in [0.25, 0.3) is 0 Å². The van der Waals surface area contributed by atoms with Gasteiger partial charge in [-0.1, -0.05) is 11.6 Å². The molecule has 0 bridgehead atoms. The zero-order chi connectivity index (χ0) is 22.4. The predicted octanol–water partition coefficient (Wildman–Crippen LogP) is 3.09. The number of ether oxygens (including phenoxy) is 1. The molecule has 1 N–H and O–H groups in total. The number of rotatable bonds is 7. The number of piperazine rings is 1. The summed E-state index contributed by atoms with van der Waals surface area (Å²) in [4.78, 5) is 28.4. The Kier molecular flexibility index (Phi) is 7.81. The molecule has 1 fully saturated rings. The Bertz CT molecular complexity index is 950. The lowest BCUT2D eigenvalue weighted by atomic mass is 10.1. The molecule has 1 aliphatic heterocycles. The first-order valence-electron chi connectivity index (χ1n) is 9.93. The average Bonchev–Trinajstić information content (AvgIpc) is 2.74. The number of nitrogens with zero attached hydrogens (tertiary/aromatic N) is 2. The molecule has 166 valence electrons. The van der Waals surface area contributed by atoms with E-state index in [1.807, 2.05) is 12.1 Å². The fourth-order valence-corrected chi connectivity index (χ4v) is 3.67. The van der Waals surface area contributed by atoms with Gasteiger partial charge in [-0.3, -0.25) is 14.5 Å². The standard InChI is InChI=1S/C22H24ClF2N3O3/c1-31-20-5-2-16(23)12-15(20)14-27-8-10-28(11-9-27)21(29)6-7-26-22(30)18-4-3-17(24)13-19(18)25/h2-5,12-13H,6-11,14H2,1H3,(H,26,30). The topological polar surface area (TPSA) is 61.9 Å². The molecule has 0 aromatic heterocycles. The van der Waals surface area contributed by atoms with E-state index in [0.717, 1.165) is 23.4 Å². The second kappa shape index (κ2) is 10.5. The molecular weight excluding hydrogens is 428 g/mol. The van der Waals surface area contributed by atoms with E-state index in [1.54, 1.807) is 18.1 Å². The number of benzene rings is 2. The zero-order valence-electron chi connectivity index (χ0n) is 17.2. The highest BCUT2D eigenvalue weighted by Crippen LogP contribution is 2.24. The van der Waals surface area contributed by atoms with Crippen molar-refractivity contribution in [3.63, 3.8) is 0 Å². The molecule has 2 amide bonds. The monoisotopic (exact) mass is 451 g/mol. The summed E-state index contributed by atoms with van der Waals surface area (Å²) in [5.41, 5.74) is 0.740. The molecule has 6 nitrogen and oxygen atoms in total. The summed E-state index contributed by atoms with van der Waals surface area (Å²) in [6.45, 7) is 3.30. The Hall–Kier alpha value is -2.71. The largest absolute Gasteiger partial charge is 0.496 e. The van der Waals surface area contributed by atoms with Gasteiger partial charge in [0, 0.05) is 62.3 Å². The minimum Gasteiger partial charge on any atom is -0.496 e. The maximum absolute atomic E-state index is 13.6. The number of carbonyl (C=O) groups excluding carboxylic acids is 2. The van der Waals surface area contributed by atoms with Crippen LogP contribution in [-0.2, 0) is 11.3 Å². The van der Waals surface area contributed by atoms with E-state index in [2.05, 4.69) is 10.2 Å². The lowest BCUT2D eigenvalue weighted by Gasteiger charge is -2.35. The third-order valence-electron chi connectivity index (χ3n) is 5.16. The third kappa shape index (κ3) is 6.15. The Labute approximate surface area is 184 Å². The molecule has 1 aliphatic rings. The molecule has 9 heteroatoms. The van der Waals surface area contributed by atoms with Gasteiger partial charge in [0.1, 0.15) is 17.4 Å². The van der Waals surface area contributed by atoms with Crippen LogP contribution in [-0.4, -0.2) is 61.4 Å². The van der Waals surface area contributed by atoms with E-state index in [0.29, 0.717) is 43.8 Å². The van der Waals surface area contributed by atoms with Gasteiger partial charge in [-0.15, -0.1) is 0 Å². The van der Waals surface area contributed by atoms with Crippen LogP contribution in [0.5, 0.6) is 5.75 Å². The molecule has 0 aliphatic carbocycles. The highest BCUT2D eigenvalue weighted by Gasteiger charge is 2.22. The molecule has 0 saturated carbocycles. The maximum atomic E-state index is 13.6. The van der Waals surface area contributed by atoms with Crippen LogP contribution in [0.4, 0.5) is 8.78 Å². The summed E-state index contributed by atoms with van der Waals surface area (Å²) in [5.74, 6) is -1.67.